The van der Waals surface area contributed by atoms with E-state index in [1.54, 1.807) is 0 Å². The number of aryl methyl sites for hydroxylation is 1. The molecule has 2 aliphatic carbocycles. The summed E-state index contributed by atoms with van der Waals surface area (Å²) in [5.41, 5.74) is 7.06. The molecule has 4 nitrogen and oxygen atoms in total. The van der Waals surface area contributed by atoms with E-state index < -0.39 is 0 Å². The van der Waals surface area contributed by atoms with Gasteiger partial charge < -0.3 is 10.0 Å². The van der Waals surface area contributed by atoms with Crippen LogP contribution in [0.3, 0.4) is 0 Å². The van der Waals surface area contributed by atoms with E-state index in [-0.39, 0.29) is 0 Å². The second-order valence-corrected chi connectivity index (χ2v) is 9.97. The Morgan fingerprint density at radius 3 is 2.50 bits per heavy atom. The molecule has 1 aromatic rings. The number of anilines is 1. The number of allylic oxidation sites excluding steroid dienone is 4. The summed E-state index contributed by atoms with van der Waals surface area (Å²) in [5.74, 6) is 2.91. The SMILES string of the molecule is CCC/C=C1\C(C#N)=C2CCCC2=C(N2CC3CCC(C2)C3CO)N1c1ccccc1C. The smallest absolute Gasteiger partial charge is 0.117 e. The largest absolute Gasteiger partial charge is 0.396 e. The standard InChI is InChI=1S/C28H35N3O/c1-3-4-11-27-24(15-29)22-9-7-10-23(22)28(31(27)26-12-6-5-8-19(26)2)30-16-20-13-14-21(17-30)25(20)18-32/h5-6,8,11-12,20-21,25,32H,3-4,7,9-10,13-14,16-18H2,1-2H3/b27-11+. The molecule has 5 rings (SSSR count). The van der Waals surface area contributed by atoms with Gasteiger partial charge in [-0.15, -0.1) is 0 Å². The minimum absolute atomic E-state index is 0.321. The first-order chi connectivity index (χ1) is 15.7. The number of fused-ring (bicyclic) bond motifs is 3. The molecule has 2 unspecified atom stereocenters. The summed E-state index contributed by atoms with van der Waals surface area (Å²) in [6.45, 7) is 6.73. The van der Waals surface area contributed by atoms with Crippen LogP contribution in [0.2, 0.25) is 0 Å². The molecule has 2 heterocycles. The molecule has 4 aliphatic rings. The molecule has 0 aromatic heterocycles. The maximum atomic E-state index is 10.3. The van der Waals surface area contributed by atoms with Crippen molar-refractivity contribution in [2.24, 2.45) is 17.8 Å². The summed E-state index contributed by atoms with van der Waals surface area (Å²) in [6.07, 6.45) is 9.97. The quantitative estimate of drug-likeness (QED) is 0.656. The molecule has 0 spiro atoms. The number of unbranched alkanes of at least 4 members (excludes halogenated alkanes) is 1. The van der Waals surface area contributed by atoms with Crippen molar-refractivity contribution in [3.05, 3.63) is 64.1 Å². The molecule has 2 aliphatic heterocycles. The second kappa shape index (κ2) is 8.79. The number of hydrogen-bond acceptors (Lipinski definition) is 4. The van der Waals surface area contributed by atoms with E-state index in [2.05, 4.69) is 60.1 Å². The van der Waals surface area contributed by atoms with Crippen molar-refractivity contribution in [2.75, 3.05) is 24.6 Å². The number of para-hydroxylation sites is 1. The molecule has 1 saturated heterocycles. The normalized spacial score (nSPS) is 28.6. The topological polar surface area (TPSA) is 50.5 Å². The van der Waals surface area contributed by atoms with Gasteiger partial charge in [-0.2, -0.15) is 5.26 Å². The van der Waals surface area contributed by atoms with E-state index in [9.17, 15) is 10.4 Å². The van der Waals surface area contributed by atoms with E-state index in [1.807, 2.05) is 0 Å². The van der Waals surface area contributed by atoms with Gasteiger partial charge in [-0.3, -0.25) is 4.90 Å². The van der Waals surface area contributed by atoms with Gasteiger partial charge in [0.05, 0.1) is 17.0 Å². The Morgan fingerprint density at radius 2 is 1.84 bits per heavy atom. The van der Waals surface area contributed by atoms with Crippen molar-refractivity contribution in [3.8, 4) is 6.07 Å². The molecule has 0 amide bonds. The number of nitrogens with zero attached hydrogens (tertiary/aromatic N) is 3. The van der Waals surface area contributed by atoms with Crippen molar-refractivity contribution >= 4 is 5.69 Å². The van der Waals surface area contributed by atoms with E-state index in [1.165, 1.54) is 41.1 Å². The summed E-state index contributed by atoms with van der Waals surface area (Å²) in [5, 5.41) is 20.3. The average Bonchev–Trinajstić information content (AvgIpc) is 3.38. The number of nitriles is 1. The van der Waals surface area contributed by atoms with Gasteiger partial charge >= 0.3 is 0 Å². The van der Waals surface area contributed by atoms with Crippen molar-refractivity contribution < 1.29 is 5.11 Å². The Kier molecular flexibility index (Phi) is 5.86. The van der Waals surface area contributed by atoms with Gasteiger partial charge in [0.1, 0.15) is 11.9 Å². The van der Waals surface area contributed by atoms with Crippen LogP contribution in [0.5, 0.6) is 0 Å². The van der Waals surface area contributed by atoms with Crippen molar-refractivity contribution in [1.29, 1.82) is 5.26 Å². The van der Waals surface area contributed by atoms with Crippen molar-refractivity contribution in [1.82, 2.24) is 4.90 Å². The summed E-state index contributed by atoms with van der Waals surface area (Å²) in [7, 11) is 0. The number of aliphatic hydroxyl groups is 1. The number of likely N-dealkylation sites (tertiary alicyclic amines) is 1. The number of piperidine rings is 1. The number of hydrogen-bond donors (Lipinski definition) is 1. The molecule has 168 valence electrons. The predicted molar refractivity (Wildman–Crippen MR) is 129 cm³/mol. The monoisotopic (exact) mass is 429 g/mol. The fraction of sp³-hybridized carbons (Fsp3) is 0.536. The number of benzene rings is 1. The van der Waals surface area contributed by atoms with Crippen LogP contribution in [0.25, 0.3) is 0 Å². The van der Waals surface area contributed by atoms with Crippen LogP contribution in [0.15, 0.2) is 58.6 Å². The fourth-order valence-corrected chi connectivity index (χ4v) is 6.58. The fourth-order valence-electron chi connectivity index (χ4n) is 6.58. The summed E-state index contributed by atoms with van der Waals surface area (Å²) in [6, 6.07) is 11.2. The van der Waals surface area contributed by atoms with Gasteiger partial charge in [0, 0.05) is 19.7 Å². The van der Waals surface area contributed by atoms with E-state index in [4.69, 9.17) is 0 Å². The van der Waals surface area contributed by atoms with Gasteiger partial charge in [-0.1, -0.05) is 37.6 Å². The Labute approximate surface area is 192 Å². The van der Waals surface area contributed by atoms with Crippen LogP contribution in [0.4, 0.5) is 5.69 Å². The Hall–Kier alpha value is -2.51. The van der Waals surface area contributed by atoms with Crippen LogP contribution in [-0.4, -0.2) is 29.7 Å². The number of rotatable bonds is 5. The van der Waals surface area contributed by atoms with E-state index in [0.29, 0.717) is 24.4 Å². The third-order valence-electron chi connectivity index (χ3n) is 8.13. The van der Waals surface area contributed by atoms with Crippen LogP contribution < -0.4 is 4.90 Å². The van der Waals surface area contributed by atoms with Crippen LogP contribution >= 0.6 is 0 Å². The zero-order chi connectivity index (χ0) is 22.2. The predicted octanol–water partition coefficient (Wildman–Crippen LogP) is 5.67. The lowest BCUT2D eigenvalue weighted by molar-refractivity contribution is 0.0824. The van der Waals surface area contributed by atoms with Gasteiger partial charge in [-0.05, 0) is 86.0 Å². The molecule has 32 heavy (non-hydrogen) atoms. The van der Waals surface area contributed by atoms with E-state index >= 15 is 0 Å². The Balaban J connectivity index is 1.69. The maximum absolute atomic E-state index is 10.3. The zero-order valence-electron chi connectivity index (χ0n) is 19.5. The highest BCUT2D eigenvalue weighted by molar-refractivity contribution is 5.74. The highest BCUT2D eigenvalue weighted by atomic mass is 16.3. The van der Waals surface area contributed by atoms with Gasteiger partial charge in [0.25, 0.3) is 0 Å². The maximum Gasteiger partial charge on any atom is 0.117 e. The van der Waals surface area contributed by atoms with Gasteiger partial charge in [0.15, 0.2) is 0 Å². The first-order valence-electron chi connectivity index (χ1n) is 12.5. The zero-order valence-corrected chi connectivity index (χ0v) is 19.5. The minimum Gasteiger partial charge on any atom is -0.396 e. The molecule has 3 fully saturated rings. The molecule has 0 radical (unpaired) electrons. The van der Waals surface area contributed by atoms with Crippen molar-refractivity contribution in [2.45, 2.75) is 58.8 Å². The molecular formula is C28H35N3O. The second-order valence-electron chi connectivity index (χ2n) is 9.97. The molecule has 4 heteroatoms. The first kappa shape index (κ1) is 21.3. The third-order valence-corrected chi connectivity index (χ3v) is 8.13. The molecule has 2 atom stereocenters. The third kappa shape index (κ3) is 3.39. The first-order valence-corrected chi connectivity index (χ1v) is 12.5. The van der Waals surface area contributed by atoms with E-state index in [0.717, 1.165) is 56.5 Å². The van der Waals surface area contributed by atoms with Gasteiger partial charge in [-0.25, -0.2) is 0 Å². The van der Waals surface area contributed by atoms with Crippen molar-refractivity contribution in [3.63, 3.8) is 0 Å². The molecule has 1 aromatic carbocycles. The lowest BCUT2D eigenvalue weighted by Gasteiger charge is -2.46. The Bertz CT molecular complexity index is 1010. The lowest BCUT2D eigenvalue weighted by atomic mass is 9.85. The summed E-state index contributed by atoms with van der Waals surface area (Å²) in [4.78, 5) is 5.04. The lowest BCUT2D eigenvalue weighted by Crippen LogP contribution is -2.48. The molecule has 2 saturated carbocycles. The minimum atomic E-state index is 0.321. The molecular weight excluding hydrogens is 394 g/mol. The summed E-state index contributed by atoms with van der Waals surface area (Å²) < 4.78 is 0. The van der Waals surface area contributed by atoms with Crippen LogP contribution in [0, 0.1) is 36.0 Å². The average molecular weight is 430 g/mol. The van der Waals surface area contributed by atoms with Crippen LogP contribution in [0.1, 0.15) is 57.4 Å². The Morgan fingerprint density at radius 1 is 1.12 bits per heavy atom. The summed E-state index contributed by atoms with van der Waals surface area (Å²) >= 11 is 0. The highest BCUT2D eigenvalue weighted by Crippen LogP contribution is 2.50. The number of aliphatic hydroxyl groups excluding tert-OH is 1. The molecule has 2 bridgehead atoms. The molecule has 1 N–H and O–H groups in total. The van der Waals surface area contributed by atoms with Crippen LogP contribution in [-0.2, 0) is 0 Å². The van der Waals surface area contributed by atoms with Gasteiger partial charge in [0.2, 0.25) is 0 Å². The highest BCUT2D eigenvalue weighted by Gasteiger charge is 2.45.